The Kier molecular flexibility index (Phi) is 4.54. The number of hydrogen-bond acceptors (Lipinski definition) is 2. The molecular formula is C18H27NO. The molecule has 0 N–H and O–H groups in total. The molecule has 0 fully saturated rings. The van der Waals surface area contributed by atoms with E-state index in [2.05, 4.69) is 57.0 Å². The minimum Gasteiger partial charge on any atom is -0.497 e. The maximum atomic E-state index is 5.25. The Morgan fingerprint density at radius 1 is 1.20 bits per heavy atom. The lowest BCUT2D eigenvalue weighted by atomic mass is 9.76. The molecule has 0 spiro atoms. The molecule has 2 rings (SSSR count). The van der Waals surface area contributed by atoms with Crippen LogP contribution in [0.4, 0.5) is 0 Å². The number of likely N-dealkylation sites (N-methyl/N-ethyl adjacent to an activating group) is 1. The van der Waals surface area contributed by atoms with E-state index in [1.165, 1.54) is 12.0 Å². The van der Waals surface area contributed by atoms with Gasteiger partial charge in [-0.1, -0.05) is 30.2 Å². The van der Waals surface area contributed by atoms with Crippen LogP contribution in [-0.2, 0) is 6.42 Å². The van der Waals surface area contributed by atoms with Gasteiger partial charge in [-0.3, -0.25) is 4.90 Å². The van der Waals surface area contributed by atoms with Crippen LogP contribution < -0.4 is 4.74 Å². The lowest BCUT2D eigenvalue weighted by Crippen LogP contribution is -2.52. The lowest BCUT2D eigenvalue weighted by Gasteiger charge is -2.47. The molecule has 0 radical (unpaired) electrons. The number of rotatable bonds is 4. The van der Waals surface area contributed by atoms with Gasteiger partial charge in [0, 0.05) is 12.1 Å². The fourth-order valence-corrected chi connectivity index (χ4v) is 3.43. The van der Waals surface area contributed by atoms with E-state index in [1.54, 1.807) is 18.3 Å². The zero-order valence-electron chi connectivity index (χ0n) is 13.5. The van der Waals surface area contributed by atoms with Crippen molar-refractivity contribution < 1.29 is 4.74 Å². The molecule has 0 saturated heterocycles. The fourth-order valence-electron chi connectivity index (χ4n) is 3.43. The smallest absolute Gasteiger partial charge is 0.118 e. The standard InChI is InChI=1S/C18H27NO/c1-6-18(15(3)14(2)11-12-19(18)4)13-16-7-9-17(20-5)10-8-16/h7-10H,6,11-13H2,1-5H3. The summed E-state index contributed by atoms with van der Waals surface area (Å²) in [5.74, 6) is 0.930. The molecule has 20 heavy (non-hydrogen) atoms. The van der Waals surface area contributed by atoms with Gasteiger partial charge in [0.05, 0.1) is 7.11 Å². The summed E-state index contributed by atoms with van der Waals surface area (Å²) in [6.07, 6.45) is 3.43. The van der Waals surface area contributed by atoms with Gasteiger partial charge in [-0.2, -0.15) is 0 Å². The molecule has 2 heteroatoms. The SMILES string of the molecule is CCC1(Cc2ccc(OC)cc2)C(C)=C(C)CCN1C. The first kappa shape index (κ1) is 15.1. The van der Waals surface area contributed by atoms with Crippen LogP contribution in [0.25, 0.3) is 0 Å². The average molecular weight is 273 g/mol. The van der Waals surface area contributed by atoms with E-state index in [0.717, 1.165) is 25.1 Å². The van der Waals surface area contributed by atoms with Crippen LogP contribution in [0.2, 0.25) is 0 Å². The van der Waals surface area contributed by atoms with Crippen LogP contribution in [0.3, 0.4) is 0 Å². The molecule has 1 heterocycles. The zero-order valence-corrected chi connectivity index (χ0v) is 13.5. The average Bonchev–Trinajstić information content (AvgIpc) is 2.48. The van der Waals surface area contributed by atoms with Crippen LogP contribution in [-0.4, -0.2) is 31.1 Å². The number of ether oxygens (including phenoxy) is 1. The quantitative estimate of drug-likeness (QED) is 0.767. The minimum absolute atomic E-state index is 0.178. The van der Waals surface area contributed by atoms with Crippen LogP contribution in [0.1, 0.15) is 39.2 Å². The van der Waals surface area contributed by atoms with Gasteiger partial charge >= 0.3 is 0 Å². The van der Waals surface area contributed by atoms with E-state index in [-0.39, 0.29) is 5.54 Å². The molecule has 1 aliphatic heterocycles. The van der Waals surface area contributed by atoms with E-state index in [9.17, 15) is 0 Å². The highest BCUT2D eigenvalue weighted by atomic mass is 16.5. The first-order valence-corrected chi connectivity index (χ1v) is 7.54. The maximum absolute atomic E-state index is 5.25. The first-order valence-electron chi connectivity index (χ1n) is 7.54. The zero-order chi connectivity index (χ0) is 14.8. The van der Waals surface area contributed by atoms with Crippen molar-refractivity contribution in [2.75, 3.05) is 20.7 Å². The van der Waals surface area contributed by atoms with Crippen LogP contribution in [0.15, 0.2) is 35.4 Å². The fraction of sp³-hybridized carbons (Fsp3) is 0.556. The van der Waals surface area contributed by atoms with Gasteiger partial charge in [0.2, 0.25) is 0 Å². The summed E-state index contributed by atoms with van der Waals surface area (Å²) < 4.78 is 5.25. The van der Waals surface area contributed by atoms with Crippen LogP contribution in [0.5, 0.6) is 5.75 Å². The Bertz CT molecular complexity index is 489. The van der Waals surface area contributed by atoms with Crippen molar-refractivity contribution in [3.8, 4) is 5.75 Å². The molecular weight excluding hydrogens is 246 g/mol. The number of benzene rings is 1. The highest BCUT2D eigenvalue weighted by molar-refractivity contribution is 5.34. The third kappa shape index (κ3) is 2.62. The van der Waals surface area contributed by atoms with Crippen molar-refractivity contribution in [2.45, 2.75) is 45.6 Å². The molecule has 1 aromatic rings. The molecule has 110 valence electrons. The van der Waals surface area contributed by atoms with Crippen molar-refractivity contribution in [3.63, 3.8) is 0 Å². The first-order chi connectivity index (χ1) is 9.53. The Morgan fingerprint density at radius 3 is 2.40 bits per heavy atom. The van der Waals surface area contributed by atoms with Gasteiger partial charge in [-0.25, -0.2) is 0 Å². The molecule has 1 aromatic carbocycles. The van der Waals surface area contributed by atoms with E-state index < -0.39 is 0 Å². The number of methoxy groups -OCH3 is 1. The van der Waals surface area contributed by atoms with E-state index in [1.807, 2.05) is 0 Å². The molecule has 0 saturated carbocycles. The normalized spacial score (nSPS) is 24.1. The predicted octanol–water partition coefficient (Wildman–Crippen LogP) is 4.06. The third-order valence-corrected chi connectivity index (χ3v) is 5.13. The second kappa shape index (κ2) is 6.01. The molecule has 1 unspecified atom stereocenters. The van der Waals surface area contributed by atoms with E-state index >= 15 is 0 Å². The summed E-state index contributed by atoms with van der Waals surface area (Å²) in [5, 5.41) is 0. The summed E-state index contributed by atoms with van der Waals surface area (Å²) >= 11 is 0. The summed E-state index contributed by atoms with van der Waals surface area (Å²) in [7, 11) is 3.98. The minimum atomic E-state index is 0.178. The van der Waals surface area contributed by atoms with Crippen molar-refractivity contribution in [2.24, 2.45) is 0 Å². The molecule has 1 atom stereocenters. The molecule has 1 aliphatic rings. The van der Waals surface area contributed by atoms with E-state index in [4.69, 9.17) is 4.74 Å². The Labute approximate surface area is 123 Å². The molecule has 2 nitrogen and oxygen atoms in total. The van der Waals surface area contributed by atoms with Crippen LogP contribution >= 0.6 is 0 Å². The van der Waals surface area contributed by atoms with Gasteiger partial charge in [0.1, 0.15) is 5.75 Å². The van der Waals surface area contributed by atoms with E-state index in [0.29, 0.717) is 0 Å². The van der Waals surface area contributed by atoms with Crippen molar-refractivity contribution in [3.05, 3.63) is 41.0 Å². The molecule has 0 bridgehead atoms. The summed E-state index contributed by atoms with van der Waals surface area (Å²) in [6, 6.07) is 8.52. The second-order valence-corrected chi connectivity index (χ2v) is 5.99. The van der Waals surface area contributed by atoms with Gasteiger partial charge in [-0.15, -0.1) is 0 Å². The van der Waals surface area contributed by atoms with Crippen molar-refractivity contribution in [1.29, 1.82) is 0 Å². The summed E-state index contributed by atoms with van der Waals surface area (Å²) in [6.45, 7) is 8.08. The molecule has 0 aromatic heterocycles. The van der Waals surface area contributed by atoms with Gasteiger partial charge < -0.3 is 4.74 Å². The predicted molar refractivity (Wildman–Crippen MR) is 85.3 cm³/mol. The summed E-state index contributed by atoms with van der Waals surface area (Å²) in [5.41, 5.74) is 4.69. The second-order valence-electron chi connectivity index (χ2n) is 5.99. The Balaban J connectivity index is 2.32. The van der Waals surface area contributed by atoms with Crippen LogP contribution in [0, 0.1) is 0 Å². The monoisotopic (exact) mass is 273 g/mol. The Morgan fingerprint density at radius 2 is 1.85 bits per heavy atom. The number of hydrogen-bond donors (Lipinski definition) is 0. The largest absolute Gasteiger partial charge is 0.497 e. The van der Waals surface area contributed by atoms with Gasteiger partial charge in [0.15, 0.2) is 0 Å². The maximum Gasteiger partial charge on any atom is 0.118 e. The molecule has 0 amide bonds. The molecule has 0 aliphatic carbocycles. The topological polar surface area (TPSA) is 12.5 Å². The third-order valence-electron chi connectivity index (χ3n) is 5.13. The van der Waals surface area contributed by atoms with Gasteiger partial charge in [0.25, 0.3) is 0 Å². The summed E-state index contributed by atoms with van der Waals surface area (Å²) in [4.78, 5) is 2.54. The van der Waals surface area contributed by atoms with Crippen molar-refractivity contribution >= 4 is 0 Å². The highest BCUT2D eigenvalue weighted by Gasteiger charge is 2.37. The lowest BCUT2D eigenvalue weighted by molar-refractivity contribution is 0.136. The van der Waals surface area contributed by atoms with Crippen molar-refractivity contribution in [1.82, 2.24) is 4.90 Å². The Hall–Kier alpha value is -1.28. The van der Waals surface area contributed by atoms with Gasteiger partial charge in [-0.05, 0) is 57.9 Å². The highest BCUT2D eigenvalue weighted by Crippen LogP contribution is 2.37. The number of nitrogens with zero attached hydrogens (tertiary/aromatic N) is 1.